The van der Waals surface area contributed by atoms with Gasteiger partial charge in [0.25, 0.3) is 11.7 Å². The number of pyridine rings is 1. The summed E-state index contributed by atoms with van der Waals surface area (Å²) in [5.74, 6) is -2.78. The Labute approximate surface area is 224 Å². The van der Waals surface area contributed by atoms with Crippen LogP contribution in [0.2, 0.25) is 0 Å². The molecule has 202 valence electrons. The van der Waals surface area contributed by atoms with Crippen LogP contribution in [0.15, 0.2) is 41.3 Å². The van der Waals surface area contributed by atoms with Crippen LogP contribution >= 0.6 is 0 Å². The van der Waals surface area contributed by atoms with Gasteiger partial charge >= 0.3 is 5.97 Å². The molecule has 1 N–H and O–H groups in total. The molecule has 2 aliphatic heterocycles. The predicted molar refractivity (Wildman–Crippen MR) is 145 cm³/mol. The molecule has 2 aromatic carbocycles. The summed E-state index contributed by atoms with van der Waals surface area (Å²) in [4.78, 5) is 54.9. The number of carbonyl (C=O) groups is 3. The molecule has 1 aliphatic carbocycles. The number of nitrogens with zero attached hydrogens (tertiary/aromatic N) is 4. The average Bonchev–Trinajstić information content (AvgIpc) is 3.73. The van der Waals surface area contributed by atoms with Crippen LogP contribution in [-0.4, -0.2) is 71.5 Å². The van der Waals surface area contributed by atoms with Crippen LogP contribution in [0.25, 0.3) is 10.9 Å². The topological polar surface area (TPSA) is 103 Å². The number of hydrogen-bond donors (Lipinski definition) is 1. The number of aryl methyl sites for hydroxylation is 1. The van der Waals surface area contributed by atoms with E-state index in [9.17, 15) is 24.3 Å². The number of halogens is 1. The van der Waals surface area contributed by atoms with E-state index in [4.69, 9.17) is 0 Å². The number of anilines is 2. The number of piperazine rings is 1. The Kier molecular flexibility index (Phi) is 6.22. The minimum absolute atomic E-state index is 0.0911. The lowest BCUT2D eigenvalue weighted by Crippen LogP contribution is -2.47. The molecular formula is C29H29FN4O5. The van der Waals surface area contributed by atoms with Crippen molar-refractivity contribution in [3.8, 4) is 0 Å². The molecule has 3 heterocycles. The summed E-state index contributed by atoms with van der Waals surface area (Å²) in [6.45, 7) is 5.68. The molecule has 3 aromatic rings. The Balaban J connectivity index is 1.12. The van der Waals surface area contributed by atoms with Gasteiger partial charge in [0.2, 0.25) is 5.43 Å². The van der Waals surface area contributed by atoms with Gasteiger partial charge in [-0.2, -0.15) is 0 Å². The lowest BCUT2D eigenvalue weighted by molar-refractivity contribution is -0.114. The van der Waals surface area contributed by atoms with Gasteiger partial charge in [0.15, 0.2) is 0 Å². The highest BCUT2D eigenvalue weighted by molar-refractivity contribution is 6.52. The highest BCUT2D eigenvalue weighted by atomic mass is 19.1. The van der Waals surface area contributed by atoms with Crippen molar-refractivity contribution < 1.29 is 23.9 Å². The normalized spacial score (nSPS) is 17.8. The summed E-state index contributed by atoms with van der Waals surface area (Å²) < 4.78 is 17.0. The molecule has 0 bridgehead atoms. The van der Waals surface area contributed by atoms with Crippen molar-refractivity contribution in [2.45, 2.75) is 32.2 Å². The summed E-state index contributed by atoms with van der Waals surface area (Å²) in [6, 6.07) is 8.47. The number of hydrogen-bond acceptors (Lipinski definition) is 6. The first-order valence-corrected chi connectivity index (χ1v) is 13.3. The van der Waals surface area contributed by atoms with Gasteiger partial charge in [0.05, 0.1) is 22.5 Å². The van der Waals surface area contributed by atoms with E-state index in [1.165, 1.54) is 12.3 Å². The summed E-state index contributed by atoms with van der Waals surface area (Å²) in [7, 11) is 0. The fourth-order valence-electron chi connectivity index (χ4n) is 5.71. The number of carboxylic acids is 1. The van der Waals surface area contributed by atoms with E-state index in [0.29, 0.717) is 61.6 Å². The maximum absolute atomic E-state index is 15.2. The lowest BCUT2D eigenvalue weighted by Gasteiger charge is -2.36. The van der Waals surface area contributed by atoms with Gasteiger partial charge in [-0.1, -0.05) is 11.6 Å². The van der Waals surface area contributed by atoms with Gasteiger partial charge in [-0.25, -0.2) is 9.18 Å². The number of fused-ring (bicyclic) bond motifs is 2. The molecule has 3 aliphatic rings. The molecule has 2 fully saturated rings. The molecule has 1 saturated heterocycles. The smallest absolute Gasteiger partial charge is 0.341 e. The number of amides is 1. The zero-order valence-electron chi connectivity index (χ0n) is 21.7. The Morgan fingerprint density at radius 3 is 2.44 bits per heavy atom. The van der Waals surface area contributed by atoms with E-state index in [0.717, 1.165) is 24.9 Å². The third kappa shape index (κ3) is 4.48. The summed E-state index contributed by atoms with van der Waals surface area (Å²) >= 11 is 0. The minimum atomic E-state index is -1.31. The molecular weight excluding hydrogens is 503 g/mol. The molecule has 1 saturated carbocycles. The first kappa shape index (κ1) is 25.2. The van der Waals surface area contributed by atoms with Crippen LogP contribution < -0.4 is 15.2 Å². The summed E-state index contributed by atoms with van der Waals surface area (Å²) in [5.41, 5.74) is 2.05. The zero-order valence-corrected chi connectivity index (χ0v) is 21.7. The molecule has 1 aromatic heterocycles. The third-order valence-corrected chi connectivity index (χ3v) is 7.97. The van der Waals surface area contributed by atoms with E-state index >= 15 is 4.39 Å². The van der Waals surface area contributed by atoms with Crippen molar-refractivity contribution in [1.29, 1.82) is 0 Å². The largest absolute Gasteiger partial charge is 0.477 e. The SMILES string of the molecule is Cc1ccc2c(c1)C(=O)C(=O)N2CCCN1CCN(c2cc3c(cc2F)c(=O)c(C(=O)O)cn3C2CC2)CC1. The number of carboxylic acid groups (broad SMARTS) is 1. The number of benzene rings is 2. The van der Waals surface area contributed by atoms with E-state index in [-0.39, 0.29) is 17.0 Å². The monoisotopic (exact) mass is 532 g/mol. The highest BCUT2D eigenvalue weighted by Crippen LogP contribution is 2.38. The molecule has 6 rings (SSSR count). The number of Topliss-reactive ketones (excluding diaryl/α,β-unsaturated/α-hetero) is 1. The zero-order chi connectivity index (χ0) is 27.4. The van der Waals surface area contributed by atoms with E-state index in [1.54, 1.807) is 17.0 Å². The summed E-state index contributed by atoms with van der Waals surface area (Å²) in [5, 5.41) is 9.54. The highest BCUT2D eigenvalue weighted by Gasteiger charge is 2.35. The minimum Gasteiger partial charge on any atom is -0.477 e. The second-order valence-corrected chi connectivity index (χ2v) is 10.6. The van der Waals surface area contributed by atoms with Crippen molar-refractivity contribution in [3.63, 3.8) is 0 Å². The predicted octanol–water partition coefficient (Wildman–Crippen LogP) is 3.22. The third-order valence-electron chi connectivity index (χ3n) is 7.97. The maximum Gasteiger partial charge on any atom is 0.341 e. The second kappa shape index (κ2) is 9.60. The van der Waals surface area contributed by atoms with Crippen LogP contribution in [0.1, 0.15) is 51.6 Å². The van der Waals surface area contributed by atoms with E-state index < -0.39 is 28.9 Å². The Morgan fingerprint density at radius 1 is 1.00 bits per heavy atom. The molecule has 39 heavy (non-hydrogen) atoms. The van der Waals surface area contributed by atoms with Crippen molar-refractivity contribution in [3.05, 3.63) is 69.3 Å². The number of ketones is 1. The van der Waals surface area contributed by atoms with Gasteiger partial charge in [0.1, 0.15) is 11.4 Å². The standard InChI is InChI=1S/C29H29FN4O5/c1-17-3-6-23-19(13-17)27(36)28(37)33(23)8-2-7-31-9-11-32(12-10-31)25-15-24-20(14-22(25)30)26(35)21(29(38)39)16-34(24)18-4-5-18/h3,6,13-16,18H,2,4-5,7-12H2,1H3,(H,38,39). The van der Waals surface area contributed by atoms with Crippen LogP contribution in [0, 0.1) is 12.7 Å². The van der Waals surface area contributed by atoms with Crippen molar-refractivity contribution >= 4 is 39.9 Å². The van der Waals surface area contributed by atoms with Crippen molar-refractivity contribution in [2.24, 2.45) is 0 Å². The van der Waals surface area contributed by atoms with Crippen LogP contribution in [0.3, 0.4) is 0 Å². The van der Waals surface area contributed by atoms with Gasteiger partial charge in [-0.15, -0.1) is 0 Å². The molecule has 0 unspecified atom stereocenters. The lowest BCUT2D eigenvalue weighted by atomic mass is 10.1. The van der Waals surface area contributed by atoms with Crippen LogP contribution in [-0.2, 0) is 4.79 Å². The van der Waals surface area contributed by atoms with Gasteiger partial charge in [-0.3, -0.25) is 19.3 Å². The number of carbonyl (C=O) groups excluding carboxylic acids is 2. The fourth-order valence-corrected chi connectivity index (χ4v) is 5.71. The second-order valence-electron chi connectivity index (χ2n) is 10.6. The molecule has 9 nitrogen and oxygen atoms in total. The van der Waals surface area contributed by atoms with E-state index in [1.807, 2.05) is 28.5 Å². The average molecular weight is 533 g/mol. The maximum atomic E-state index is 15.2. The Morgan fingerprint density at radius 2 is 1.74 bits per heavy atom. The number of aromatic carboxylic acids is 1. The molecule has 0 spiro atoms. The first-order chi connectivity index (χ1) is 18.7. The van der Waals surface area contributed by atoms with Gasteiger partial charge < -0.3 is 19.5 Å². The van der Waals surface area contributed by atoms with E-state index in [2.05, 4.69) is 4.90 Å². The van der Waals surface area contributed by atoms with Crippen molar-refractivity contribution in [1.82, 2.24) is 9.47 Å². The van der Waals surface area contributed by atoms with Crippen LogP contribution in [0.4, 0.5) is 15.8 Å². The van der Waals surface area contributed by atoms with Crippen molar-refractivity contribution in [2.75, 3.05) is 49.1 Å². The molecule has 10 heteroatoms. The Hall–Kier alpha value is -4.05. The van der Waals surface area contributed by atoms with Gasteiger partial charge in [-0.05, 0) is 57.0 Å². The molecule has 1 amide bonds. The first-order valence-electron chi connectivity index (χ1n) is 13.3. The molecule has 0 atom stereocenters. The van der Waals surface area contributed by atoms with Gasteiger partial charge in [0, 0.05) is 50.3 Å². The number of aromatic nitrogens is 1. The summed E-state index contributed by atoms with van der Waals surface area (Å²) in [6.07, 6.45) is 3.88. The fraction of sp³-hybridized carbons (Fsp3) is 0.379. The quantitative estimate of drug-likeness (QED) is 0.466. The number of rotatable bonds is 7. The Bertz CT molecular complexity index is 1590. The van der Waals surface area contributed by atoms with Crippen LogP contribution in [0.5, 0.6) is 0 Å². The molecule has 0 radical (unpaired) electrons.